The number of fused-ring (bicyclic) bond motifs is 1. The Kier molecular flexibility index (Phi) is 5.07. The van der Waals surface area contributed by atoms with Crippen LogP contribution in [0.15, 0.2) is 23.1 Å². The monoisotopic (exact) mass is 321 g/mol. The number of thioether (sulfide) groups is 1. The maximum atomic E-state index is 12.1. The summed E-state index contributed by atoms with van der Waals surface area (Å²) in [6, 6.07) is 5.15. The summed E-state index contributed by atoms with van der Waals surface area (Å²) in [5, 5.41) is 7.89. The van der Waals surface area contributed by atoms with Gasteiger partial charge in [0.05, 0.1) is 17.5 Å². The maximum Gasteiger partial charge on any atom is 0.251 e. The molecule has 7 heteroatoms. The van der Waals surface area contributed by atoms with E-state index in [1.807, 2.05) is 20.8 Å². The second kappa shape index (κ2) is 6.83. The number of rotatable bonds is 4. The Labute approximate surface area is 133 Å². The van der Waals surface area contributed by atoms with Crippen LogP contribution in [0.2, 0.25) is 0 Å². The van der Waals surface area contributed by atoms with Gasteiger partial charge in [-0.1, -0.05) is 0 Å². The molecule has 1 aromatic carbocycles. The molecule has 3 amide bonds. The van der Waals surface area contributed by atoms with Crippen LogP contribution in [0.3, 0.4) is 0 Å². The Bertz CT molecular complexity index is 616. The van der Waals surface area contributed by atoms with Crippen LogP contribution in [-0.4, -0.2) is 35.6 Å². The number of amides is 3. The second-order valence-electron chi connectivity index (χ2n) is 5.37. The molecule has 0 bridgehead atoms. The molecule has 0 spiro atoms. The number of benzene rings is 1. The molecule has 6 nitrogen and oxygen atoms in total. The summed E-state index contributed by atoms with van der Waals surface area (Å²) in [4.78, 5) is 36.2. The van der Waals surface area contributed by atoms with Gasteiger partial charge in [0.25, 0.3) is 5.91 Å². The molecule has 1 atom stereocenters. The zero-order valence-corrected chi connectivity index (χ0v) is 13.5. The Morgan fingerprint density at radius 2 is 2.09 bits per heavy atom. The molecule has 3 N–H and O–H groups in total. The highest BCUT2D eigenvalue weighted by molar-refractivity contribution is 8.00. The Morgan fingerprint density at radius 1 is 1.36 bits per heavy atom. The number of hydrogen-bond acceptors (Lipinski definition) is 4. The highest BCUT2D eigenvalue weighted by Gasteiger charge is 2.23. The van der Waals surface area contributed by atoms with Crippen LogP contribution in [0.1, 0.15) is 31.1 Å². The minimum absolute atomic E-state index is 0.0300. The maximum absolute atomic E-state index is 12.1. The smallest absolute Gasteiger partial charge is 0.251 e. The lowest BCUT2D eigenvalue weighted by Crippen LogP contribution is -2.39. The Hall–Kier alpha value is -2.02. The molecule has 118 valence electrons. The summed E-state index contributed by atoms with van der Waals surface area (Å²) < 4.78 is 0. The fraction of sp³-hybridized carbons (Fsp3) is 0.400. The molecule has 0 saturated carbocycles. The lowest BCUT2D eigenvalue weighted by molar-refractivity contribution is -0.120. The van der Waals surface area contributed by atoms with Crippen LogP contribution in [0.25, 0.3) is 0 Å². The van der Waals surface area contributed by atoms with E-state index in [-0.39, 0.29) is 35.6 Å². The van der Waals surface area contributed by atoms with Gasteiger partial charge in [0.2, 0.25) is 11.8 Å². The zero-order chi connectivity index (χ0) is 16.3. The summed E-state index contributed by atoms with van der Waals surface area (Å²) in [7, 11) is 0. The normalized spacial score (nSPS) is 16.7. The molecule has 0 aliphatic carbocycles. The average molecular weight is 321 g/mol. The minimum atomic E-state index is -0.348. The zero-order valence-electron chi connectivity index (χ0n) is 12.7. The predicted molar refractivity (Wildman–Crippen MR) is 86.0 cm³/mol. The summed E-state index contributed by atoms with van der Waals surface area (Å²) >= 11 is 1.46. The lowest BCUT2D eigenvalue weighted by atomic mass is 10.1. The highest BCUT2D eigenvalue weighted by atomic mass is 32.2. The first kappa shape index (κ1) is 16.4. The second-order valence-corrected chi connectivity index (χ2v) is 6.75. The van der Waals surface area contributed by atoms with Crippen molar-refractivity contribution in [3.05, 3.63) is 23.8 Å². The number of nitrogens with one attached hydrogen (secondary N) is 3. The van der Waals surface area contributed by atoms with Gasteiger partial charge < -0.3 is 16.0 Å². The molecule has 2 rings (SSSR count). The third kappa shape index (κ3) is 4.00. The van der Waals surface area contributed by atoms with E-state index in [9.17, 15) is 14.4 Å². The van der Waals surface area contributed by atoms with Crippen molar-refractivity contribution >= 4 is 35.2 Å². The topological polar surface area (TPSA) is 87.3 Å². The summed E-state index contributed by atoms with van der Waals surface area (Å²) in [6.07, 6.45) is 0. The Balaban J connectivity index is 2.01. The molecule has 0 fully saturated rings. The van der Waals surface area contributed by atoms with Gasteiger partial charge in [-0.25, -0.2) is 0 Å². The number of hydrogen-bond donors (Lipinski definition) is 3. The van der Waals surface area contributed by atoms with Crippen molar-refractivity contribution < 1.29 is 14.4 Å². The van der Waals surface area contributed by atoms with E-state index in [0.717, 1.165) is 4.90 Å². The first-order valence-electron chi connectivity index (χ1n) is 7.06. The van der Waals surface area contributed by atoms with Gasteiger partial charge in [-0.05, 0) is 39.0 Å². The molecule has 1 aliphatic rings. The van der Waals surface area contributed by atoms with Crippen molar-refractivity contribution in [2.24, 2.45) is 0 Å². The third-order valence-corrected chi connectivity index (χ3v) is 4.21. The summed E-state index contributed by atoms with van der Waals surface area (Å²) in [5.74, 6) is -0.662. The SMILES string of the molecule is CC(C)NC(=O)CNC(=O)c1ccc2c(c1)NC(=O)C(C)S2. The fourth-order valence-corrected chi connectivity index (χ4v) is 2.92. The predicted octanol–water partition coefficient (Wildman–Crippen LogP) is 1.37. The number of carbonyl (C=O) groups excluding carboxylic acids is 3. The van der Waals surface area contributed by atoms with Crippen LogP contribution in [0.4, 0.5) is 5.69 Å². The molecular weight excluding hydrogens is 302 g/mol. The largest absolute Gasteiger partial charge is 0.352 e. The van der Waals surface area contributed by atoms with E-state index in [4.69, 9.17) is 0 Å². The molecule has 0 aromatic heterocycles. The van der Waals surface area contributed by atoms with Gasteiger partial charge in [0.1, 0.15) is 0 Å². The van der Waals surface area contributed by atoms with Crippen molar-refractivity contribution in [3.63, 3.8) is 0 Å². The molecule has 22 heavy (non-hydrogen) atoms. The molecule has 0 radical (unpaired) electrons. The van der Waals surface area contributed by atoms with Crippen LogP contribution in [-0.2, 0) is 9.59 Å². The fourth-order valence-electron chi connectivity index (χ4n) is 1.99. The van der Waals surface area contributed by atoms with Crippen molar-refractivity contribution in [2.75, 3.05) is 11.9 Å². The van der Waals surface area contributed by atoms with E-state index in [1.54, 1.807) is 18.2 Å². The van der Waals surface area contributed by atoms with Gasteiger partial charge in [0.15, 0.2) is 0 Å². The van der Waals surface area contributed by atoms with Crippen molar-refractivity contribution in [1.82, 2.24) is 10.6 Å². The standard InChI is InChI=1S/C15H19N3O3S/c1-8(2)17-13(19)7-16-15(21)10-4-5-12-11(6-10)18-14(20)9(3)22-12/h4-6,8-9H,7H2,1-3H3,(H,16,21)(H,17,19)(H,18,20). The molecule has 1 aromatic rings. The van der Waals surface area contributed by atoms with E-state index in [1.165, 1.54) is 11.8 Å². The third-order valence-electron chi connectivity index (χ3n) is 3.03. The van der Waals surface area contributed by atoms with Crippen molar-refractivity contribution in [2.45, 2.75) is 37.0 Å². The first-order valence-corrected chi connectivity index (χ1v) is 7.94. The molecule has 1 heterocycles. The van der Waals surface area contributed by atoms with Gasteiger partial charge in [-0.2, -0.15) is 0 Å². The van der Waals surface area contributed by atoms with E-state index >= 15 is 0 Å². The van der Waals surface area contributed by atoms with Crippen molar-refractivity contribution in [1.29, 1.82) is 0 Å². The summed E-state index contributed by atoms with van der Waals surface area (Å²) in [6.45, 7) is 5.46. The van der Waals surface area contributed by atoms with Crippen LogP contribution in [0.5, 0.6) is 0 Å². The van der Waals surface area contributed by atoms with Crippen molar-refractivity contribution in [3.8, 4) is 0 Å². The van der Waals surface area contributed by atoms with Crippen LogP contribution >= 0.6 is 11.8 Å². The minimum Gasteiger partial charge on any atom is -0.352 e. The van der Waals surface area contributed by atoms with E-state index in [2.05, 4.69) is 16.0 Å². The average Bonchev–Trinajstić information content (AvgIpc) is 2.45. The molecule has 0 saturated heterocycles. The summed E-state index contributed by atoms with van der Waals surface area (Å²) in [5.41, 5.74) is 1.04. The quantitative estimate of drug-likeness (QED) is 0.782. The number of carbonyl (C=O) groups is 3. The van der Waals surface area contributed by atoms with Gasteiger partial charge in [-0.3, -0.25) is 14.4 Å². The van der Waals surface area contributed by atoms with E-state index in [0.29, 0.717) is 11.3 Å². The first-order chi connectivity index (χ1) is 10.4. The molecule has 1 aliphatic heterocycles. The van der Waals surface area contributed by atoms with Gasteiger partial charge in [-0.15, -0.1) is 11.8 Å². The van der Waals surface area contributed by atoms with Gasteiger partial charge >= 0.3 is 0 Å². The van der Waals surface area contributed by atoms with Gasteiger partial charge in [0, 0.05) is 16.5 Å². The lowest BCUT2D eigenvalue weighted by Gasteiger charge is -2.21. The van der Waals surface area contributed by atoms with Crippen LogP contribution in [0, 0.1) is 0 Å². The van der Waals surface area contributed by atoms with E-state index < -0.39 is 0 Å². The highest BCUT2D eigenvalue weighted by Crippen LogP contribution is 2.35. The van der Waals surface area contributed by atoms with Crippen LogP contribution < -0.4 is 16.0 Å². The molecular formula is C15H19N3O3S. The number of anilines is 1. The molecule has 1 unspecified atom stereocenters. The Morgan fingerprint density at radius 3 is 2.77 bits per heavy atom.